The Labute approximate surface area is 618 Å². The Kier molecular flexibility index (Phi) is 37.7. The number of rotatable bonds is 53. The third-order valence-corrected chi connectivity index (χ3v) is 18.0. The topological polar surface area (TPSA) is 332 Å². The van der Waals surface area contributed by atoms with Crippen molar-refractivity contribution in [2.24, 2.45) is 11.7 Å². The van der Waals surface area contributed by atoms with Crippen LogP contribution in [0.15, 0.2) is 76.9 Å². The highest BCUT2D eigenvalue weighted by Crippen LogP contribution is 2.42. The first kappa shape index (κ1) is 84.3. The monoisotopic (exact) mass is 1480 g/mol. The van der Waals surface area contributed by atoms with Gasteiger partial charge in [-0.25, -0.2) is 24.5 Å². The normalized spacial score (nSPS) is 13.9. The largest absolute Gasteiger partial charge is 0.510 e. The minimum absolute atomic E-state index is 0.0203. The van der Waals surface area contributed by atoms with Gasteiger partial charge >= 0.3 is 12.1 Å². The number of Topliss-reactive ketones (excluding diaryl/α,β-unsaturated/α-hetero) is 3. The zero-order valence-corrected chi connectivity index (χ0v) is 62.2. The summed E-state index contributed by atoms with van der Waals surface area (Å²) in [6.07, 6.45) is 9.86. The van der Waals surface area contributed by atoms with Gasteiger partial charge in [-0.15, -0.1) is 0 Å². The molecule has 5 heterocycles. The molecule has 0 saturated heterocycles. The molecule has 2 aliphatic heterocycles. The lowest BCUT2D eigenvalue weighted by Gasteiger charge is -2.35. The molecule has 2 atom stereocenters. The number of nitrogens with zero attached hydrogens (tertiary/aromatic N) is 5. The van der Waals surface area contributed by atoms with Gasteiger partial charge in [-0.05, 0) is 107 Å². The molecule has 28 heteroatoms. The zero-order valence-electron chi connectivity index (χ0n) is 61.3. The Morgan fingerprint density at radius 2 is 1.30 bits per heavy atom. The number of unbranched alkanes of at least 4 members (excludes halogenated alkanes) is 2. The SMILES string of the molecule is CC[C@@]1(OC(=O)OCc2ccc(NC(=O)[C@H](CCCCN)CC(=O)COCC(=O)CCCOCCOCCOCCOCCOCCOCCOCCOCCCC(=O)CCCC#Cc3cnc(SC)nc3)cc2)C(=O)OCc2c1cc1n(c2=O)Cc2c-1nc1ccccc1c2CCN(C(C)=O)C(C)C. The van der Waals surface area contributed by atoms with Gasteiger partial charge in [0.15, 0.2) is 16.7 Å². The number of carbonyl (C=O) groups is 7. The van der Waals surface area contributed by atoms with Crippen LogP contribution in [0.2, 0.25) is 0 Å². The molecule has 0 bridgehead atoms. The van der Waals surface area contributed by atoms with Crippen LogP contribution in [0, 0.1) is 17.8 Å². The van der Waals surface area contributed by atoms with Gasteiger partial charge < -0.3 is 77.4 Å². The van der Waals surface area contributed by atoms with E-state index >= 15 is 0 Å². The summed E-state index contributed by atoms with van der Waals surface area (Å²) in [6, 6.07) is 15.8. The predicted octanol–water partition coefficient (Wildman–Crippen LogP) is 8.46. The number of benzene rings is 2. The fourth-order valence-electron chi connectivity index (χ4n) is 11.9. The second kappa shape index (κ2) is 46.9. The highest BCUT2D eigenvalue weighted by atomic mass is 32.2. The van der Waals surface area contributed by atoms with E-state index in [2.05, 4.69) is 27.1 Å². The molecule has 0 spiro atoms. The lowest BCUT2D eigenvalue weighted by Crippen LogP contribution is -2.47. The third-order valence-electron chi connectivity index (χ3n) is 17.4. The molecule has 2 aromatic carbocycles. The van der Waals surface area contributed by atoms with Crippen molar-refractivity contribution < 1.29 is 90.4 Å². The van der Waals surface area contributed by atoms with Crippen LogP contribution in [0.25, 0.3) is 22.3 Å². The van der Waals surface area contributed by atoms with Gasteiger partial charge in [0.2, 0.25) is 17.4 Å². The molecule has 7 rings (SSSR count). The number of nitrogens with two attached hydrogens (primary N) is 1. The number of cyclic esters (lactones) is 1. The van der Waals surface area contributed by atoms with E-state index in [0.717, 1.165) is 28.5 Å². The summed E-state index contributed by atoms with van der Waals surface area (Å²) in [5.74, 6) is 3.82. The van der Waals surface area contributed by atoms with Crippen LogP contribution >= 0.6 is 11.8 Å². The molecule has 5 aromatic rings. The number of esters is 1. The first-order chi connectivity index (χ1) is 51.0. The smallest absolute Gasteiger partial charge is 0.457 e. The summed E-state index contributed by atoms with van der Waals surface area (Å²) in [7, 11) is 0. The lowest BCUT2D eigenvalue weighted by atomic mass is 9.85. The van der Waals surface area contributed by atoms with Gasteiger partial charge in [-0.3, -0.25) is 28.8 Å². The van der Waals surface area contributed by atoms with Crippen molar-refractivity contribution in [3.05, 3.63) is 111 Å². The fraction of sp³-hybridized carbons (Fsp3) is 0.571. The molecule has 3 N–H and O–H groups in total. The number of ketones is 3. The third kappa shape index (κ3) is 28.1. The molecule has 572 valence electrons. The molecule has 2 amide bonds. The van der Waals surface area contributed by atoms with E-state index < -0.39 is 29.2 Å². The van der Waals surface area contributed by atoms with E-state index in [1.165, 1.54) is 11.8 Å². The molecular formula is C77H103N7O20S. The van der Waals surface area contributed by atoms with Crippen LogP contribution < -0.4 is 16.6 Å². The number of hydrogen-bond acceptors (Lipinski definition) is 25. The van der Waals surface area contributed by atoms with Gasteiger partial charge in [0.1, 0.15) is 32.2 Å². The van der Waals surface area contributed by atoms with Crippen LogP contribution in [-0.2, 0) is 117 Å². The van der Waals surface area contributed by atoms with Crippen molar-refractivity contribution in [1.82, 2.24) is 24.4 Å². The van der Waals surface area contributed by atoms with Crippen molar-refractivity contribution in [3.63, 3.8) is 0 Å². The fourth-order valence-corrected chi connectivity index (χ4v) is 12.2. The Hall–Kier alpha value is -7.92. The number of ether oxygens (including phenoxy) is 12. The lowest BCUT2D eigenvalue weighted by molar-refractivity contribution is -0.175. The summed E-state index contributed by atoms with van der Waals surface area (Å²) >= 11 is 1.48. The summed E-state index contributed by atoms with van der Waals surface area (Å²) in [6.45, 7) is 13.7. The van der Waals surface area contributed by atoms with E-state index in [1.807, 2.05) is 44.4 Å². The van der Waals surface area contributed by atoms with Crippen LogP contribution in [0.1, 0.15) is 138 Å². The molecule has 0 aliphatic carbocycles. The van der Waals surface area contributed by atoms with Gasteiger partial charge in [0, 0.05) is 105 Å². The second-order valence-electron chi connectivity index (χ2n) is 25.4. The standard InChI is InChI=1S/C77H103N7O20S/c1-6-77(68-47-70-71-66(50-84(70)73(90)67(68)54-102-74(77)91)64(27-29-83(55(2)3)56(4)85)65-21-10-11-22-69(65)82-71)104-76(92)103-51-57-23-25-60(26-24-57)81-72(89)59(17-12-13-28-78)46-63(88)53-101-52-62(87)20-15-31-94-33-35-96-37-39-98-41-43-100-45-44-99-42-40-97-38-36-95-34-32-93-30-14-19-61(86)18-9-7-8-16-58-48-79-75(105-5)80-49-58/h10-11,21-26,47-49,55,59H,6-7,9,12-15,17-20,27-46,50-54,78H2,1-5H3,(H,81,89)/t59-,77+/m1/s1. The number of aromatic nitrogens is 4. The van der Waals surface area contributed by atoms with Crippen LogP contribution in [0.5, 0.6) is 0 Å². The minimum Gasteiger partial charge on any atom is -0.457 e. The number of amides is 2. The first-order valence-electron chi connectivity index (χ1n) is 36.2. The summed E-state index contributed by atoms with van der Waals surface area (Å²) in [5.41, 5.74) is 8.88. The molecule has 0 fully saturated rings. The molecule has 2 aliphatic rings. The highest BCUT2D eigenvalue weighted by molar-refractivity contribution is 7.98. The molecule has 3 aromatic heterocycles. The van der Waals surface area contributed by atoms with Crippen molar-refractivity contribution in [3.8, 4) is 23.2 Å². The van der Waals surface area contributed by atoms with Gasteiger partial charge in [-0.2, -0.15) is 0 Å². The highest BCUT2D eigenvalue weighted by Gasteiger charge is 2.51. The minimum atomic E-state index is -2.02. The van der Waals surface area contributed by atoms with Crippen molar-refractivity contribution >= 4 is 69.6 Å². The molecule has 0 saturated carbocycles. The number of anilines is 1. The van der Waals surface area contributed by atoms with Gasteiger partial charge in [0.05, 0.1) is 127 Å². The number of pyridine rings is 2. The number of para-hydroxylation sites is 1. The molecule has 27 nitrogen and oxygen atoms in total. The Morgan fingerprint density at radius 3 is 1.88 bits per heavy atom. The Bertz CT molecular complexity index is 3710. The van der Waals surface area contributed by atoms with Crippen molar-refractivity contribution in [1.29, 1.82) is 0 Å². The molecule has 105 heavy (non-hydrogen) atoms. The number of carbonyl (C=O) groups excluding carboxylic acids is 7. The van der Waals surface area contributed by atoms with Crippen molar-refractivity contribution in [2.75, 3.05) is 144 Å². The summed E-state index contributed by atoms with van der Waals surface area (Å²) in [5, 5.41) is 4.49. The van der Waals surface area contributed by atoms with E-state index in [4.69, 9.17) is 67.6 Å². The van der Waals surface area contributed by atoms with E-state index in [0.29, 0.717) is 210 Å². The number of thioether (sulfide) groups is 1. The average molecular weight is 1480 g/mol. The molecular weight excluding hydrogens is 1370 g/mol. The van der Waals surface area contributed by atoms with Crippen LogP contribution in [0.3, 0.4) is 0 Å². The maximum atomic E-state index is 14.4. The van der Waals surface area contributed by atoms with Gasteiger partial charge in [0.25, 0.3) is 5.56 Å². The summed E-state index contributed by atoms with van der Waals surface area (Å²) < 4.78 is 68.5. The Morgan fingerprint density at radius 1 is 0.714 bits per heavy atom. The quantitative estimate of drug-likeness (QED) is 0.0119. The van der Waals surface area contributed by atoms with Crippen LogP contribution in [0.4, 0.5) is 10.5 Å². The second-order valence-corrected chi connectivity index (χ2v) is 26.2. The van der Waals surface area contributed by atoms with E-state index in [1.54, 1.807) is 66.0 Å². The zero-order chi connectivity index (χ0) is 75.0. The molecule has 0 unspecified atom stereocenters. The average Bonchev–Trinajstić information content (AvgIpc) is 1.61. The predicted molar refractivity (Wildman–Crippen MR) is 391 cm³/mol. The number of hydrogen-bond donors (Lipinski definition) is 2. The maximum Gasteiger partial charge on any atom is 0.510 e. The Balaban J connectivity index is 0.677. The molecule has 0 radical (unpaired) electrons. The van der Waals surface area contributed by atoms with Gasteiger partial charge in [-0.1, -0.05) is 67.3 Å². The first-order valence-corrected chi connectivity index (χ1v) is 37.5. The van der Waals surface area contributed by atoms with Crippen molar-refractivity contribution in [2.45, 2.75) is 148 Å². The maximum absolute atomic E-state index is 14.4. The summed E-state index contributed by atoms with van der Waals surface area (Å²) in [4.78, 5) is 121. The number of nitrogens with one attached hydrogen (secondary N) is 1. The number of fused-ring (bicyclic) bond motifs is 5. The van der Waals surface area contributed by atoms with E-state index in [9.17, 15) is 38.4 Å². The van der Waals surface area contributed by atoms with Crippen LogP contribution in [-0.4, -0.2) is 210 Å². The van der Waals surface area contributed by atoms with E-state index in [-0.39, 0.29) is 98.6 Å².